The molecule has 1 aliphatic rings. The zero-order chi connectivity index (χ0) is 18.5. The quantitative estimate of drug-likeness (QED) is 0.809. The second-order valence-corrected chi connectivity index (χ2v) is 7.61. The third kappa shape index (κ3) is 4.63. The number of aromatic nitrogens is 3. The lowest BCUT2D eigenvalue weighted by atomic mass is 9.87. The third-order valence-corrected chi connectivity index (χ3v) is 5.59. The van der Waals surface area contributed by atoms with Crippen LogP contribution in [-0.4, -0.2) is 39.5 Å². The second-order valence-electron chi connectivity index (χ2n) is 6.61. The van der Waals surface area contributed by atoms with Gasteiger partial charge in [-0.15, -0.1) is 11.3 Å². The molecular formula is C18H22N4O3S. The van der Waals surface area contributed by atoms with Gasteiger partial charge in [0.05, 0.1) is 5.69 Å². The van der Waals surface area contributed by atoms with E-state index in [2.05, 4.69) is 27.2 Å². The van der Waals surface area contributed by atoms with Gasteiger partial charge in [0.15, 0.2) is 17.4 Å². The number of aryl methyl sites for hydroxylation is 1. The Kier molecular flexibility index (Phi) is 5.92. The summed E-state index contributed by atoms with van der Waals surface area (Å²) in [4.78, 5) is 37.2. The fourth-order valence-corrected chi connectivity index (χ4v) is 3.87. The fraction of sp³-hybridized carbons (Fsp3) is 0.500. The van der Waals surface area contributed by atoms with Crippen LogP contribution in [0.5, 0.6) is 0 Å². The van der Waals surface area contributed by atoms with Crippen LogP contribution in [0.1, 0.15) is 48.0 Å². The Balaban J connectivity index is 1.53. The van der Waals surface area contributed by atoms with Crippen molar-refractivity contribution in [3.63, 3.8) is 0 Å². The number of carbonyl (C=O) groups excluding carboxylic acids is 2. The van der Waals surface area contributed by atoms with Crippen LogP contribution in [0.3, 0.4) is 0 Å². The molecule has 1 aliphatic carbocycles. The van der Waals surface area contributed by atoms with E-state index < -0.39 is 5.97 Å². The highest BCUT2D eigenvalue weighted by atomic mass is 32.1. The maximum atomic E-state index is 12.3. The largest absolute Gasteiger partial charge is 0.451 e. The number of hydrogen-bond donors (Lipinski definition) is 1. The lowest BCUT2D eigenvalue weighted by molar-refractivity contribution is -0.125. The lowest BCUT2D eigenvalue weighted by Crippen LogP contribution is -2.39. The minimum Gasteiger partial charge on any atom is -0.451 e. The summed E-state index contributed by atoms with van der Waals surface area (Å²) < 4.78 is 5.16. The number of hydrogen-bond acceptors (Lipinski definition) is 7. The van der Waals surface area contributed by atoms with Crippen LogP contribution in [0.15, 0.2) is 18.5 Å². The molecule has 2 aromatic rings. The highest BCUT2D eigenvalue weighted by Crippen LogP contribution is 2.26. The van der Waals surface area contributed by atoms with Crippen molar-refractivity contribution < 1.29 is 14.3 Å². The van der Waals surface area contributed by atoms with Crippen LogP contribution in [0, 0.1) is 12.8 Å². The molecule has 2 aromatic heterocycles. The van der Waals surface area contributed by atoms with Gasteiger partial charge in [-0.2, -0.15) is 0 Å². The van der Waals surface area contributed by atoms with Crippen LogP contribution >= 0.6 is 11.3 Å². The Labute approximate surface area is 156 Å². The molecule has 1 saturated carbocycles. The van der Waals surface area contributed by atoms with Crippen molar-refractivity contribution in [2.45, 2.75) is 45.6 Å². The number of ether oxygens (including phenoxy) is 1. The fourth-order valence-electron chi connectivity index (χ4n) is 2.96. The first-order valence-corrected chi connectivity index (χ1v) is 9.56. The summed E-state index contributed by atoms with van der Waals surface area (Å²) in [7, 11) is 0. The monoisotopic (exact) mass is 374 g/mol. The molecule has 8 heteroatoms. The van der Waals surface area contributed by atoms with E-state index in [1.54, 1.807) is 25.4 Å². The Morgan fingerprint density at radius 1 is 1.23 bits per heavy atom. The molecule has 0 unspecified atom stereocenters. The van der Waals surface area contributed by atoms with E-state index in [9.17, 15) is 9.59 Å². The number of nitrogens with zero attached hydrogens (tertiary/aromatic N) is 3. The van der Waals surface area contributed by atoms with Crippen molar-refractivity contribution in [1.82, 2.24) is 20.3 Å². The van der Waals surface area contributed by atoms with Crippen molar-refractivity contribution in [2.24, 2.45) is 5.92 Å². The van der Waals surface area contributed by atoms with E-state index in [0.717, 1.165) is 31.6 Å². The minimum atomic E-state index is -0.547. The van der Waals surface area contributed by atoms with Gasteiger partial charge in [0.25, 0.3) is 5.91 Å². The van der Waals surface area contributed by atoms with Gasteiger partial charge in [-0.3, -0.25) is 4.79 Å². The lowest BCUT2D eigenvalue weighted by Gasteiger charge is -2.26. The van der Waals surface area contributed by atoms with Gasteiger partial charge in [-0.1, -0.05) is 6.92 Å². The van der Waals surface area contributed by atoms with Gasteiger partial charge in [0, 0.05) is 18.4 Å². The number of amides is 1. The summed E-state index contributed by atoms with van der Waals surface area (Å²) in [6.45, 7) is 3.67. The molecule has 2 heterocycles. The Bertz CT molecular complexity index is 770. The highest BCUT2D eigenvalue weighted by molar-refractivity contribution is 7.16. The molecule has 0 spiro atoms. The highest BCUT2D eigenvalue weighted by Gasteiger charge is 2.22. The predicted octanol–water partition coefficient (Wildman–Crippen LogP) is 2.76. The van der Waals surface area contributed by atoms with Gasteiger partial charge in [-0.25, -0.2) is 19.7 Å². The van der Waals surface area contributed by atoms with Crippen LogP contribution in [0.25, 0.3) is 10.8 Å². The molecule has 0 aliphatic heterocycles. The topological polar surface area (TPSA) is 94.1 Å². The normalized spacial score (nSPS) is 19.8. The van der Waals surface area contributed by atoms with Crippen molar-refractivity contribution >= 4 is 23.2 Å². The standard InChI is InChI=1S/C18H22N4O3S/c1-11-4-6-13(7-5-11)22-14(23)10-25-18(24)15-12(2)21-17(26-15)16-19-8-3-9-20-16/h3,8-9,11,13H,4-7,10H2,1-2H3,(H,22,23). The van der Waals surface area contributed by atoms with E-state index in [4.69, 9.17) is 4.74 Å². The summed E-state index contributed by atoms with van der Waals surface area (Å²) in [5.41, 5.74) is 0.545. The molecule has 0 saturated heterocycles. The van der Waals surface area contributed by atoms with Crippen LogP contribution in [0.2, 0.25) is 0 Å². The van der Waals surface area contributed by atoms with Crippen molar-refractivity contribution in [2.75, 3.05) is 6.61 Å². The molecule has 1 amide bonds. The SMILES string of the molecule is Cc1nc(-c2ncccn2)sc1C(=O)OCC(=O)NC1CCC(C)CC1. The van der Waals surface area contributed by atoms with Gasteiger partial charge < -0.3 is 10.1 Å². The molecular weight excluding hydrogens is 352 g/mol. The minimum absolute atomic E-state index is 0.185. The van der Waals surface area contributed by atoms with E-state index >= 15 is 0 Å². The average Bonchev–Trinajstić information content (AvgIpc) is 3.04. The number of rotatable bonds is 5. The molecule has 0 aromatic carbocycles. The smallest absolute Gasteiger partial charge is 0.350 e. The van der Waals surface area contributed by atoms with E-state index in [0.29, 0.717) is 21.4 Å². The first-order chi connectivity index (χ1) is 12.5. The average molecular weight is 374 g/mol. The molecule has 0 atom stereocenters. The van der Waals surface area contributed by atoms with Crippen LogP contribution in [0.4, 0.5) is 0 Å². The maximum absolute atomic E-state index is 12.3. The Hall–Kier alpha value is -2.35. The first-order valence-electron chi connectivity index (χ1n) is 8.74. The van der Waals surface area contributed by atoms with E-state index in [1.165, 1.54) is 11.3 Å². The molecule has 26 heavy (non-hydrogen) atoms. The molecule has 3 rings (SSSR count). The first kappa shape index (κ1) is 18.4. The molecule has 1 N–H and O–H groups in total. The zero-order valence-electron chi connectivity index (χ0n) is 14.9. The molecule has 1 fully saturated rings. The number of thiazole rings is 1. The van der Waals surface area contributed by atoms with Gasteiger partial charge in [0.1, 0.15) is 4.88 Å². The summed E-state index contributed by atoms with van der Waals surface area (Å²) in [5.74, 6) is 0.378. The van der Waals surface area contributed by atoms with Crippen LogP contribution < -0.4 is 5.32 Å². The zero-order valence-corrected chi connectivity index (χ0v) is 15.7. The van der Waals surface area contributed by atoms with Gasteiger partial charge >= 0.3 is 5.97 Å². The van der Waals surface area contributed by atoms with Crippen molar-refractivity contribution in [1.29, 1.82) is 0 Å². The number of nitrogens with one attached hydrogen (secondary N) is 1. The van der Waals surface area contributed by atoms with Gasteiger partial charge in [0.2, 0.25) is 0 Å². The number of carbonyl (C=O) groups is 2. The summed E-state index contributed by atoms with van der Waals surface area (Å²) >= 11 is 1.17. The van der Waals surface area contributed by atoms with Crippen LogP contribution in [-0.2, 0) is 9.53 Å². The predicted molar refractivity (Wildman–Crippen MR) is 97.7 cm³/mol. The second kappa shape index (κ2) is 8.35. The Morgan fingerprint density at radius 2 is 1.92 bits per heavy atom. The third-order valence-electron chi connectivity index (χ3n) is 4.45. The van der Waals surface area contributed by atoms with E-state index in [-0.39, 0.29) is 18.6 Å². The summed E-state index contributed by atoms with van der Waals surface area (Å²) in [6, 6.07) is 1.90. The summed E-state index contributed by atoms with van der Waals surface area (Å²) in [5, 5.41) is 3.50. The summed E-state index contributed by atoms with van der Waals surface area (Å²) in [6.07, 6.45) is 7.44. The van der Waals surface area contributed by atoms with Gasteiger partial charge in [-0.05, 0) is 44.6 Å². The van der Waals surface area contributed by atoms with E-state index in [1.807, 2.05) is 0 Å². The molecule has 0 bridgehead atoms. The molecule has 7 nitrogen and oxygen atoms in total. The van der Waals surface area contributed by atoms with Crippen molar-refractivity contribution in [3.05, 3.63) is 29.0 Å². The molecule has 138 valence electrons. The molecule has 0 radical (unpaired) electrons. The maximum Gasteiger partial charge on any atom is 0.350 e. The number of esters is 1. The Morgan fingerprint density at radius 3 is 2.62 bits per heavy atom. The van der Waals surface area contributed by atoms with Crippen molar-refractivity contribution in [3.8, 4) is 10.8 Å².